The van der Waals surface area contributed by atoms with Crippen molar-refractivity contribution in [3.8, 4) is 5.88 Å². The molecule has 1 saturated heterocycles. The number of halogens is 1. The van der Waals surface area contributed by atoms with E-state index in [0.29, 0.717) is 25.1 Å². The molecule has 0 aliphatic carbocycles. The molecule has 1 aliphatic heterocycles. The molecular formula is C26H36FN5O12. The predicted molar refractivity (Wildman–Crippen MR) is 151 cm³/mol. The summed E-state index contributed by atoms with van der Waals surface area (Å²) >= 11 is 0. The maximum absolute atomic E-state index is 13.2. The van der Waals surface area contributed by atoms with Crippen LogP contribution in [0.1, 0.15) is 43.6 Å². The fraction of sp³-hybridized carbons (Fsp3) is 0.500. The first-order chi connectivity index (χ1) is 20.5. The van der Waals surface area contributed by atoms with Gasteiger partial charge in [-0.15, -0.1) is 6.58 Å². The molecule has 5 N–H and O–H groups in total. The third kappa shape index (κ3) is 7.16. The molecule has 0 saturated carbocycles. The largest absolute Gasteiger partial charge is 0.519 e. The highest BCUT2D eigenvalue weighted by molar-refractivity contribution is 5.78. The van der Waals surface area contributed by atoms with Crippen LogP contribution in [0.3, 0.4) is 0 Å². The van der Waals surface area contributed by atoms with E-state index in [0.717, 1.165) is 4.57 Å². The topological polar surface area (TPSA) is 245 Å². The van der Waals surface area contributed by atoms with Gasteiger partial charge in [-0.3, -0.25) is 8.96 Å². The van der Waals surface area contributed by atoms with Crippen molar-refractivity contribution in [2.45, 2.75) is 72.3 Å². The summed E-state index contributed by atoms with van der Waals surface area (Å²) in [6.07, 6.45) is -3.28. The third-order valence-electron chi connectivity index (χ3n) is 6.20. The number of imidazole rings is 1. The van der Waals surface area contributed by atoms with Gasteiger partial charge in [-0.05, 0) is 13.8 Å². The smallest absolute Gasteiger partial charge is 0.468 e. The highest BCUT2D eigenvalue weighted by Crippen LogP contribution is 2.33. The highest BCUT2D eigenvalue weighted by Gasteiger charge is 2.45. The van der Waals surface area contributed by atoms with Crippen molar-refractivity contribution in [2.24, 2.45) is 0 Å². The van der Waals surface area contributed by atoms with E-state index in [9.17, 15) is 34.1 Å². The molecule has 5 rings (SSSR count). The zero-order chi connectivity index (χ0) is 32.0. The first-order valence-corrected chi connectivity index (χ1v) is 12.7. The normalized spacial score (nSPS) is 19.0. The van der Waals surface area contributed by atoms with Gasteiger partial charge in [-0.25, -0.2) is 19.0 Å². The third-order valence-corrected chi connectivity index (χ3v) is 6.20. The number of aromatic nitrogens is 4. The Balaban J connectivity index is 0.000000480. The van der Waals surface area contributed by atoms with Gasteiger partial charge in [0.1, 0.15) is 29.8 Å². The second-order valence-corrected chi connectivity index (χ2v) is 8.85. The first-order valence-electron chi connectivity index (χ1n) is 12.7. The lowest BCUT2D eigenvalue weighted by molar-refractivity contribution is -0.0527. The fourth-order valence-electron chi connectivity index (χ4n) is 4.22. The number of alkyl halides is 1. The summed E-state index contributed by atoms with van der Waals surface area (Å²) in [5.41, 5.74) is 5.20. The van der Waals surface area contributed by atoms with Crippen molar-refractivity contribution >= 4 is 17.1 Å². The summed E-state index contributed by atoms with van der Waals surface area (Å²) < 4.78 is 41.8. The predicted octanol–water partition coefficient (Wildman–Crippen LogP) is 0.732. The summed E-state index contributed by atoms with van der Waals surface area (Å²) in [6, 6.07) is 0. The number of nitrogens with zero attached hydrogens (tertiary/aromatic N) is 4. The van der Waals surface area contributed by atoms with Gasteiger partial charge in [0.05, 0.1) is 13.8 Å². The van der Waals surface area contributed by atoms with E-state index in [1.54, 1.807) is 6.92 Å². The van der Waals surface area contributed by atoms with Crippen LogP contribution >= 0.6 is 0 Å². The minimum Gasteiger partial charge on any atom is -0.468 e. The molecule has 5 heterocycles. The molecule has 17 nitrogen and oxygen atoms in total. The average Bonchev–Trinajstić information content (AvgIpc) is 3.66. The van der Waals surface area contributed by atoms with Crippen LogP contribution in [0.4, 0.5) is 10.3 Å². The molecule has 4 aromatic rings. The van der Waals surface area contributed by atoms with Gasteiger partial charge in [0.25, 0.3) is 0 Å². The number of ether oxygens (including phenoxy) is 2. The number of aliphatic hydroxyl groups excluding tert-OH is 3. The van der Waals surface area contributed by atoms with Crippen LogP contribution in [0.25, 0.3) is 11.2 Å². The number of aryl methyl sites for hydroxylation is 3. The maximum Gasteiger partial charge on any atom is 0.519 e. The number of rotatable bonds is 8. The molecule has 244 valence electrons. The van der Waals surface area contributed by atoms with Gasteiger partial charge >= 0.3 is 17.3 Å². The summed E-state index contributed by atoms with van der Waals surface area (Å²) in [6.45, 7) is 7.94. The zero-order valence-corrected chi connectivity index (χ0v) is 23.7. The van der Waals surface area contributed by atoms with E-state index in [-0.39, 0.29) is 55.1 Å². The van der Waals surface area contributed by atoms with E-state index in [1.807, 2.05) is 6.92 Å². The number of nitrogen functional groups attached to an aromatic ring is 1. The summed E-state index contributed by atoms with van der Waals surface area (Å²) in [4.78, 5) is 42.9. The lowest BCUT2D eigenvalue weighted by Gasteiger charge is -2.16. The van der Waals surface area contributed by atoms with E-state index < -0.39 is 48.5 Å². The molecule has 0 aromatic carbocycles. The maximum atomic E-state index is 13.2. The molecule has 0 spiro atoms. The Kier molecular flexibility index (Phi) is 12.4. The SMILES string of the molecule is C.C=CCn1c(=O)n([C@@H]2O[C@H](CO)[C@@H](O)[C@H]2O)c2nc(N)nc(OCc3oc(=O)oc3C)c21.CCc1oc(=O)oc1C.CF. The summed E-state index contributed by atoms with van der Waals surface area (Å²) in [5.74, 6) is -0.324. The van der Waals surface area contributed by atoms with Crippen LogP contribution in [0.2, 0.25) is 0 Å². The average molecular weight is 630 g/mol. The number of hydrogen-bond acceptors (Lipinski definition) is 15. The van der Waals surface area contributed by atoms with Crippen molar-refractivity contribution in [3.63, 3.8) is 0 Å². The molecule has 0 bridgehead atoms. The number of nitrogens with two attached hydrogens (primary N) is 1. The van der Waals surface area contributed by atoms with Gasteiger partial charge in [-0.2, -0.15) is 9.97 Å². The second-order valence-electron chi connectivity index (χ2n) is 8.85. The van der Waals surface area contributed by atoms with Crippen molar-refractivity contribution in [2.75, 3.05) is 19.5 Å². The summed E-state index contributed by atoms with van der Waals surface area (Å²) in [7, 11) is 0.500. The standard InChI is InChI=1S/C18H21N5O9.C6H8O3.CH3F.CH4/c1-3-4-22-10-13(23(17(22)27)15-12(26)11(25)8(5-24)31-15)20-16(19)21-14(10)29-6-9-7(2)30-18(28)32-9;1-3-5-4(2)8-6(7)9-5;1-2;/h3,8,11-12,15,24-26H,1,4-6H2,2H3,(H2,19,20,21);3H2,1-2H3;1H3;1H4/t8-,11-,12-,15-;;;/m1.../s1. The number of allylic oxidation sites excluding steroid dienone is 1. The van der Waals surface area contributed by atoms with E-state index in [2.05, 4.69) is 25.4 Å². The molecule has 1 aliphatic rings. The number of hydrogen-bond donors (Lipinski definition) is 4. The van der Waals surface area contributed by atoms with Crippen molar-refractivity contribution in [1.29, 1.82) is 0 Å². The minimum atomic E-state index is -1.53. The molecule has 1 fully saturated rings. The van der Waals surface area contributed by atoms with E-state index >= 15 is 0 Å². The van der Waals surface area contributed by atoms with Gasteiger partial charge < -0.3 is 48.2 Å². The van der Waals surface area contributed by atoms with Crippen LogP contribution < -0.4 is 27.8 Å². The Labute approximate surface area is 248 Å². The lowest BCUT2D eigenvalue weighted by Crippen LogP contribution is -2.36. The Hall–Kier alpha value is -4.52. The van der Waals surface area contributed by atoms with Gasteiger partial charge in [0.15, 0.2) is 35.5 Å². The number of anilines is 1. The quantitative estimate of drug-likeness (QED) is 0.196. The molecule has 44 heavy (non-hydrogen) atoms. The molecule has 4 atom stereocenters. The van der Waals surface area contributed by atoms with Crippen LogP contribution in [0, 0.1) is 13.8 Å². The van der Waals surface area contributed by atoms with Gasteiger partial charge in [0.2, 0.25) is 11.8 Å². The second kappa shape index (κ2) is 15.3. The van der Waals surface area contributed by atoms with E-state index in [1.165, 1.54) is 17.6 Å². The summed E-state index contributed by atoms with van der Waals surface area (Å²) in [5, 5.41) is 29.9. The van der Waals surface area contributed by atoms with E-state index in [4.69, 9.17) is 24.0 Å². The molecule has 0 amide bonds. The fourth-order valence-corrected chi connectivity index (χ4v) is 4.22. The Morgan fingerprint density at radius 1 is 1.02 bits per heavy atom. The van der Waals surface area contributed by atoms with Crippen LogP contribution in [0.15, 0.2) is 44.7 Å². The Morgan fingerprint density at radius 2 is 1.61 bits per heavy atom. The Morgan fingerprint density at radius 3 is 2.07 bits per heavy atom. The Bertz CT molecular complexity index is 1710. The van der Waals surface area contributed by atoms with Crippen LogP contribution in [-0.2, 0) is 24.3 Å². The molecular weight excluding hydrogens is 593 g/mol. The van der Waals surface area contributed by atoms with Gasteiger partial charge in [-0.1, -0.05) is 20.4 Å². The van der Waals surface area contributed by atoms with Gasteiger partial charge in [0, 0.05) is 13.0 Å². The van der Waals surface area contributed by atoms with Crippen LogP contribution in [-0.4, -0.2) is 66.5 Å². The molecule has 0 unspecified atom stereocenters. The monoisotopic (exact) mass is 629 g/mol. The highest BCUT2D eigenvalue weighted by atomic mass is 19.1. The van der Waals surface area contributed by atoms with Crippen molar-refractivity contribution < 1.29 is 46.9 Å². The van der Waals surface area contributed by atoms with Crippen molar-refractivity contribution in [1.82, 2.24) is 19.1 Å². The van der Waals surface area contributed by atoms with Crippen molar-refractivity contribution in [3.05, 3.63) is 67.4 Å². The molecule has 0 radical (unpaired) electrons. The van der Waals surface area contributed by atoms with Crippen LogP contribution in [0.5, 0.6) is 5.88 Å². The number of aliphatic hydroxyl groups is 3. The first kappa shape index (κ1) is 35.7. The zero-order valence-electron chi connectivity index (χ0n) is 23.7. The lowest BCUT2D eigenvalue weighted by atomic mass is 10.1. The molecule has 18 heteroatoms. The molecule has 4 aromatic heterocycles. The number of fused-ring (bicyclic) bond motifs is 1. The minimum absolute atomic E-state index is 0.